The second-order valence-electron chi connectivity index (χ2n) is 7.69. The molecule has 1 atom stereocenters. The van der Waals surface area contributed by atoms with Gasteiger partial charge in [-0.1, -0.05) is 71.8 Å². The van der Waals surface area contributed by atoms with Gasteiger partial charge in [-0.25, -0.2) is 0 Å². The van der Waals surface area contributed by atoms with E-state index in [4.69, 9.17) is 4.74 Å². The number of para-hydroxylation sites is 2. The van der Waals surface area contributed by atoms with E-state index in [1.807, 2.05) is 0 Å². The van der Waals surface area contributed by atoms with Crippen molar-refractivity contribution in [2.24, 2.45) is 0 Å². The van der Waals surface area contributed by atoms with Crippen LogP contribution >= 0.6 is 11.8 Å². The third-order valence-electron chi connectivity index (χ3n) is 5.01. The summed E-state index contributed by atoms with van der Waals surface area (Å²) in [4.78, 5) is 0. The van der Waals surface area contributed by atoms with Crippen LogP contribution in [-0.4, -0.2) is 24.8 Å². The third-order valence-corrected chi connectivity index (χ3v) is 5.42. The number of nitrogens with one attached hydrogen (secondary N) is 2. The summed E-state index contributed by atoms with van der Waals surface area (Å²) in [6, 6.07) is 26.0. The van der Waals surface area contributed by atoms with Crippen LogP contribution in [0.4, 0.5) is 11.4 Å². The lowest BCUT2D eigenvalue weighted by Crippen LogP contribution is -2.28. The largest absolute Gasteiger partial charge is 0.379 e. The Labute approximate surface area is 185 Å². The standard InChI is InChI=1S/C26H32N2OS/c1-20-8-12-22(13-9-20)16-24(18-29-19-30-3)28-26-7-5-4-6-25(26)27-17-23-14-10-21(2)11-15-23/h4-15,24,27-28H,16-19H2,1-3H3. The SMILES string of the molecule is CSCOCC(Cc1ccc(C)cc1)Nc1ccccc1NCc1ccc(C)cc1. The molecule has 0 aliphatic heterocycles. The first-order valence-corrected chi connectivity index (χ1v) is 11.8. The van der Waals surface area contributed by atoms with Gasteiger partial charge in [0.1, 0.15) is 0 Å². The second kappa shape index (κ2) is 11.7. The molecule has 158 valence electrons. The molecule has 0 aliphatic rings. The van der Waals surface area contributed by atoms with Crippen LogP contribution in [0.3, 0.4) is 0 Å². The van der Waals surface area contributed by atoms with E-state index in [0.29, 0.717) is 12.5 Å². The Morgan fingerprint density at radius 3 is 2.03 bits per heavy atom. The average Bonchev–Trinajstić information content (AvgIpc) is 2.76. The number of hydrogen-bond donors (Lipinski definition) is 2. The molecule has 0 aromatic heterocycles. The zero-order valence-electron chi connectivity index (χ0n) is 18.2. The highest BCUT2D eigenvalue weighted by Crippen LogP contribution is 2.24. The summed E-state index contributed by atoms with van der Waals surface area (Å²) in [6.45, 7) is 5.70. The number of aryl methyl sites for hydroxylation is 2. The van der Waals surface area contributed by atoms with E-state index < -0.39 is 0 Å². The molecule has 1 unspecified atom stereocenters. The van der Waals surface area contributed by atoms with Gasteiger partial charge in [0.25, 0.3) is 0 Å². The fourth-order valence-corrected chi connectivity index (χ4v) is 3.58. The predicted octanol–water partition coefficient (Wildman–Crippen LogP) is 6.28. The third kappa shape index (κ3) is 7.12. The minimum Gasteiger partial charge on any atom is -0.379 e. The van der Waals surface area contributed by atoms with Gasteiger partial charge in [0, 0.05) is 6.54 Å². The van der Waals surface area contributed by atoms with Crippen molar-refractivity contribution >= 4 is 23.1 Å². The first-order valence-electron chi connectivity index (χ1n) is 10.4. The van der Waals surface area contributed by atoms with Crippen LogP contribution in [-0.2, 0) is 17.7 Å². The van der Waals surface area contributed by atoms with Crippen LogP contribution < -0.4 is 10.6 Å². The van der Waals surface area contributed by atoms with Crippen molar-refractivity contribution < 1.29 is 4.74 Å². The molecule has 0 bridgehead atoms. The van der Waals surface area contributed by atoms with Crippen LogP contribution in [0.25, 0.3) is 0 Å². The fraction of sp³-hybridized carbons (Fsp3) is 0.308. The van der Waals surface area contributed by atoms with E-state index in [-0.39, 0.29) is 6.04 Å². The van der Waals surface area contributed by atoms with Crippen molar-refractivity contribution in [1.29, 1.82) is 0 Å². The van der Waals surface area contributed by atoms with Gasteiger partial charge in [0.2, 0.25) is 0 Å². The van der Waals surface area contributed by atoms with Gasteiger partial charge < -0.3 is 15.4 Å². The lowest BCUT2D eigenvalue weighted by molar-refractivity contribution is 0.171. The molecule has 0 radical (unpaired) electrons. The van der Waals surface area contributed by atoms with E-state index >= 15 is 0 Å². The maximum Gasteiger partial charge on any atom is 0.0919 e. The van der Waals surface area contributed by atoms with Gasteiger partial charge in [-0.3, -0.25) is 0 Å². The quantitative estimate of drug-likeness (QED) is 0.283. The van der Waals surface area contributed by atoms with Gasteiger partial charge in [0.15, 0.2) is 0 Å². The molecule has 0 spiro atoms. The minimum atomic E-state index is 0.196. The fourth-order valence-electron chi connectivity index (χ4n) is 3.32. The molecule has 3 rings (SSSR count). The maximum atomic E-state index is 5.87. The molecule has 30 heavy (non-hydrogen) atoms. The average molecular weight is 421 g/mol. The topological polar surface area (TPSA) is 33.3 Å². The maximum absolute atomic E-state index is 5.87. The van der Waals surface area contributed by atoms with Crippen LogP contribution in [0.2, 0.25) is 0 Å². The van der Waals surface area contributed by atoms with Crippen LogP contribution in [0, 0.1) is 13.8 Å². The van der Waals surface area contributed by atoms with Crippen molar-refractivity contribution in [3.8, 4) is 0 Å². The molecular formula is C26H32N2OS. The number of rotatable bonds is 11. The Balaban J connectivity index is 1.69. The van der Waals surface area contributed by atoms with E-state index in [0.717, 1.165) is 24.3 Å². The Morgan fingerprint density at radius 1 is 0.800 bits per heavy atom. The van der Waals surface area contributed by atoms with E-state index in [2.05, 4.69) is 104 Å². The highest BCUT2D eigenvalue weighted by atomic mass is 32.2. The molecule has 3 aromatic carbocycles. The van der Waals surface area contributed by atoms with Gasteiger partial charge in [0.05, 0.1) is 30.0 Å². The molecular weight excluding hydrogens is 388 g/mol. The molecule has 0 fully saturated rings. The molecule has 3 nitrogen and oxygen atoms in total. The molecule has 0 saturated carbocycles. The Hall–Kier alpha value is -2.43. The van der Waals surface area contributed by atoms with Crippen molar-refractivity contribution in [2.75, 3.05) is 29.4 Å². The summed E-state index contributed by atoms with van der Waals surface area (Å²) in [5.41, 5.74) is 7.37. The van der Waals surface area contributed by atoms with Crippen LogP contribution in [0.15, 0.2) is 72.8 Å². The van der Waals surface area contributed by atoms with Crippen molar-refractivity contribution in [2.45, 2.75) is 32.9 Å². The first-order chi connectivity index (χ1) is 14.6. The van der Waals surface area contributed by atoms with Gasteiger partial charge in [-0.05, 0) is 49.8 Å². The number of hydrogen-bond acceptors (Lipinski definition) is 4. The Morgan fingerprint density at radius 2 is 1.40 bits per heavy atom. The zero-order chi connectivity index (χ0) is 21.2. The smallest absolute Gasteiger partial charge is 0.0919 e. The molecule has 0 heterocycles. The molecule has 0 amide bonds. The summed E-state index contributed by atoms with van der Waals surface area (Å²) >= 11 is 1.71. The second-order valence-corrected chi connectivity index (χ2v) is 8.51. The van der Waals surface area contributed by atoms with Gasteiger partial charge >= 0.3 is 0 Å². The van der Waals surface area contributed by atoms with Crippen molar-refractivity contribution in [1.82, 2.24) is 0 Å². The van der Waals surface area contributed by atoms with Crippen molar-refractivity contribution in [3.05, 3.63) is 95.1 Å². The van der Waals surface area contributed by atoms with Gasteiger partial charge in [-0.15, -0.1) is 11.8 Å². The lowest BCUT2D eigenvalue weighted by Gasteiger charge is -2.22. The van der Waals surface area contributed by atoms with Gasteiger partial charge in [-0.2, -0.15) is 0 Å². The monoisotopic (exact) mass is 420 g/mol. The lowest BCUT2D eigenvalue weighted by atomic mass is 10.0. The zero-order valence-corrected chi connectivity index (χ0v) is 19.0. The predicted molar refractivity (Wildman–Crippen MR) is 132 cm³/mol. The Kier molecular flexibility index (Phi) is 8.66. The number of thioether (sulfide) groups is 1. The van der Waals surface area contributed by atoms with Crippen LogP contribution in [0.1, 0.15) is 22.3 Å². The number of ether oxygens (including phenoxy) is 1. The summed E-state index contributed by atoms with van der Waals surface area (Å²) in [6.07, 6.45) is 2.98. The summed E-state index contributed by atoms with van der Waals surface area (Å²) < 4.78 is 5.87. The van der Waals surface area contributed by atoms with E-state index in [1.54, 1.807) is 11.8 Å². The first kappa shape index (κ1) is 22.3. The summed E-state index contributed by atoms with van der Waals surface area (Å²) in [7, 11) is 0. The molecule has 3 aromatic rings. The highest BCUT2D eigenvalue weighted by Gasteiger charge is 2.12. The summed E-state index contributed by atoms with van der Waals surface area (Å²) in [5, 5.41) is 7.30. The number of anilines is 2. The number of benzene rings is 3. The van der Waals surface area contributed by atoms with Crippen molar-refractivity contribution in [3.63, 3.8) is 0 Å². The van der Waals surface area contributed by atoms with E-state index in [1.165, 1.54) is 22.3 Å². The molecule has 4 heteroatoms. The Bertz CT molecular complexity index is 894. The highest BCUT2D eigenvalue weighted by molar-refractivity contribution is 7.98. The molecule has 0 saturated heterocycles. The van der Waals surface area contributed by atoms with Crippen LogP contribution in [0.5, 0.6) is 0 Å². The minimum absolute atomic E-state index is 0.196. The molecule has 2 N–H and O–H groups in total. The molecule has 0 aliphatic carbocycles. The normalized spacial score (nSPS) is 11.8. The van der Waals surface area contributed by atoms with E-state index in [9.17, 15) is 0 Å². The summed E-state index contributed by atoms with van der Waals surface area (Å²) in [5.74, 6) is 0.708.